The molecule has 0 atom stereocenters. The molecule has 0 bridgehead atoms. The summed E-state index contributed by atoms with van der Waals surface area (Å²) in [6.07, 6.45) is 1.45. The van der Waals surface area contributed by atoms with Gasteiger partial charge in [-0.15, -0.1) is 22.7 Å². The van der Waals surface area contributed by atoms with E-state index in [0.717, 1.165) is 31.7 Å². The van der Waals surface area contributed by atoms with E-state index in [0.29, 0.717) is 0 Å². The topological polar surface area (TPSA) is 64.3 Å². The minimum atomic E-state index is -1.21. The summed E-state index contributed by atoms with van der Waals surface area (Å²) in [5, 5.41) is 18.6. The van der Waals surface area contributed by atoms with E-state index in [1.807, 2.05) is 12.1 Å². The molecule has 5 aromatic carbocycles. The molecule has 2 aromatic heterocycles. The number of carbonyl (C=O) groups is 1. The Morgan fingerprint density at radius 2 is 1.04 bits per heavy atom. The molecule has 0 spiro atoms. The number of nitriles is 1. The number of nitrogens with zero attached hydrogens (tertiary/aromatic N) is 2. The lowest BCUT2D eigenvalue weighted by molar-refractivity contribution is -0.132. The molecule has 0 radical (unpaired) electrons. The van der Waals surface area contributed by atoms with Crippen LogP contribution < -0.4 is 4.90 Å². The molecule has 2 heterocycles. The van der Waals surface area contributed by atoms with E-state index in [1.54, 1.807) is 17.4 Å². The van der Waals surface area contributed by atoms with Gasteiger partial charge >= 0.3 is 5.97 Å². The normalized spacial score (nSPS) is 15.8. The number of benzene rings is 5. The highest BCUT2D eigenvalue weighted by Crippen LogP contribution is 2.57. The minimum absolute atomic E-state index is 0.130. The average Bonchev–Trinajstić information content (AvgIpc) is 3.99. The average molecular weight is 777 g/mol. The zero-order valence-electron chi connectivity index (χ0n) is 32.7. The van der Waals surface area contributed by atoms with Gasteiger partial charge in [0.25, 0.3) is 0 Å². The third-order valence-electron chi connectivity index (χ3n) is 12.7. The molecule has 0 saturated carbocycles. The van der Waals surface area contributed by atoms with Crippen molar-refractivity contribution in [3.63, 3.8) is 0 Å². The summed E-state index contributed by atoms with van der Waals surface area (Å²) in [6.45, 7) is 14.0. The Labute approximate surface area is 341 Å². The summed E-state index contributed by atoms with van der Waals surface area (Å²) in [5.74, 6) is -1.21. The standard InChI is InChI=1S/C51H40N2O2S2/c1-49(2)39-13-9-7-11-34(39)36-19-15-30(24-41(36)49)53(31-16-20-37-35-12-8-10-14-40(35)50(3,4)42(37)25-31)32-17-21-38-43(26-32)51(5,6)44-27-46(57-47(38)44)45-22-18-33(56-45)23-29(28-52)48(54)55/h7-27H,1-6H3,(H,54,55)/b29-23+. The number of aliphatic carboxylic acids is 1. The number of thiophene rings is 2. The van der Waals surface area contributed by atoms with E-state index < -0.39 is 5.97 Å². The van der Waals surface area contributed by atoms with Crippen LogP contribution in [0, 0.1) is 11.3 Å². The first-order valence-corrected chi connectivity index (χ1v) is 21.0. The molecule has 1 N–H and O–H groups in total. The monoisotopic (exact) mass is 776 g/mol. The second kappa shape index (κ2) is 12.2. The number of hydrogen-bond donors (Lipinski definition) is 1. The van der Waals surface area contributed by atoms with Crippen LogP contribution in [-0.2, 0) is 21.0 Å². The zero-order chi connectivity index (χ0) is 39.6. The summed E-state index contributed by atoms with van der Waals surface area (Å²) in [5.41, 5.74) is 17.2. The first kappa shape index (κ1) is 35.4. The number of carboxylic acids is 1. The van der Waals surface area contributed by atoms with Gasteiger partial charge in [-0.2, -0.15) is 5.26 Å². The van der Waals surface area contributed by atoms with E-state index in [4.69, 9.17) is 0 Å². The number of hydrogen-bond acceptors (Lipinski definition) is 5. The van der Waals surface area contributed by atoms with E-state index in [9.17, 15) is 15.2 Å². The second-order valence-electron chi connectivity index (χ2n) is 17.0. The van der Waals surface area contributed by atoms with Gasteiger partial charge in [-0.25, -0.2) is 4.79 Å². The number of anilines is 3. The second-order valence-corrected chi connectivity index (χ2v) is 19.2. The fraction of sp³-hybridized carbons (Fsp3) is 0.176. The first-order valence-electron chi connectivity index (χ1n) is 19.3. The van der Waals surface area contributed by atoms with Gasteiger partial charge in [0, 0.05) is 52.8 Å². The Balaban J connectivity index is 1.10. The third-order valence-corrected chi connectivity index (χ3v) is 15.1. The van der Waals surface area contributed by atoms with Gasteiger partial charge in [0.15, 0.2) is 0 Å². The van der Waals surface area contributed by atoms with Gasteiger partial charge in [0.2, 0.25) is 0 Å². The van der Waals surface area contributed by atoms with Gasteiger partial charge in [-0.1, -0.05) is 108 Å². The van der Waals surface area contributed by atoms with Crippen LogP contribution in [0.5, 0.6) is 0 Å². The van der Waals surface area contributed by atoms with Crippen LogP contribution in [0.25, 0.3) is 48.5 Å². The molecule has 57 heavy (non-hydrogen) atoms. The maximum absolute atomic E-state index is 11.5. The van der Waals surface area contributed by atoms with Crippen molar-refractivity contribution in [3.8, 4) is 48.5 Å². The molecule has 3 aliphatic carbocycles. The zero-order valence-corrected chi connectivity index (χ0v) is 34.3. The van der Waals surface area contributed by atoms with Gasteiger partial charge in [0.1, 0.15) is 11.6 Å². The summed E-state index contributed by atoms with van der Waals surface area (Å²) in [6, 6.07) is 46.8. The molecule has 7 aromatic rings. The largest absolute Gasteiger partial charge is 0.477 e. The van der Waals surface area contributed by atoms with Crippen molar-refractivity contribution in [1.82, 2.24) is 0 Å². The highest BCUT2D eigenvalue weighted by atomic mass is 32.1. The van der Waals surface area contributed by atoms with Crippen LogP contribution in [0.3, 0.4) is 0 Å². The number of carboxylic acid groups (broad SMARTS) is 1. The number of fused-ring (bicyclic) bond motifs is 9. The summed E-state index contributed by atoms with van der Waals surface area (Å²) in [7, 11) is 0. The Morgan fingerprint density at radius 3 is 1.56 bits per heavy atom. The van der Waals surface area contributed by atoms with Crippen LogP contribution in [-0.4, -0.2) is 11.1 Å². The summed E-state index contributed by atoms with van der Waals surface area (Å²) >= 11 is 3.29. The van der Waals surface area contributed by atoms with Crippen LogP contribution in [0.15, 0.2) is 127 Å². The van der Waals surface area contributed by atoms with Gasteiger partial charge in [-0.3, -0.25) is 0 Å². The number of rotatable bonds is 6. The molecule has 278 valence electrons. The summed E-state index contributed by atoms with van der Waals surface area (Å²) in [4.78, 5) is 18.1. The SMILES string of the molecule is CC1(C)c2ccccc2-c2ccc(N(c3ccc4c(c3)C(C)(C)c3ccccc3-4)c3ccc4c(c3)C(C)(C)c3cc(-c5ccc(/C=C(\C#N)C(=O)O)s5)sc3-4)cc21. The van der Waals surface area contributed by atoms with Crippen molar-refractivity contribution >= 4 is 51.8 Å². The van der Waals surface area contributed by atoms with Crippen molar-refractivity contribution in [3.05, 3.63) is 165 Å². The fourth-order valence-electron chi connectivity index (χ4n) is 9.67. The van der Waals surface area contributed by atoms with Crippen molar-refractivity contribution in [2.45, 2.75) is 57.8 Å². The molecule has 0 amide bonds. The first-order chi connectivity index (χ1) is 27.3. The maximum Gasteiger partial charge on any atom is 0.346 e. The van der Waals surface area contributed by atoms with Crippen molar-refractivity contribution in [2.24, 2.45) is 0 Å². The predicted octanol–water partition coefficient (Wildman–Crippen LogP) is 13.9. The maximum atomic E-state index is 11.5. The van der Waals surface area contributed by atoms with Crippen LogP contribution in [0.4, 0.5) is 17.1 Å². The van der Waals surface area contributed by atoms with Gasteiger partial charge < -0.3 is 10.0 Å². The van der Waals surface area contributed by atoms with Crippen molar-refractivity contribution in [2.75, 3.05) is 4.90 Å². The smallest absolute Gasteiger partial charge is 0.346 e. The molecular formula is C51H40N2O2S2. The lowest BCUT2D eigenvalue weighted by atomic mass is 9.81. The summed E-state index contributed by atoms with van der Waals surface area (Å²) < 4.78 is 0. The van der Waals surface area contributed by atoms with Crippen LogP contribution in [0.1, 0.15) is 79.8 Å². The predicted molar refractivity (Wildman–Crippen MR) is 236 cm³/mol. The lowest BCUT2D eigenvalue weighted by Crippen LogP contribution is -2.19. The molecule has 0 aliphatic heterocycles. The van der Waals surface area contributed by atoms with E-state index >= 15 is 0 Å². The van der Waals surface area contributed by atoms with Gasteiger partial charge in [0.05, 0.1) is 0 Å². The molecule has 10 rings (SSSR count). The minimum Gasteiger partial charge on any atom is -0.477 e. The van der Waals surface area contributed by atoms with Gasteiger partial charge in [-0.05, 0) is 122 Å². The molecule has 0 saturated heterocycles. The molecular weight excluding hydrogens is 737 g/mol. The quantitative estimate of drug-likeness (QED) is 0.135. The molecule has 6 heteroatoms. The van der Waals surface area contributed by atoms with Crippen molar-refractivity contribution < 1.29 is 9.90 Å². The van der Waals surface area contributed by atoms with E-state index in [-0.39, 0.29) is 21.8 Å². The van der Waals surface area contributed by atoms with E-state index in [2.05, 4.69) is 156 Å². The Kier molecular flexibility index (Phi) is 7.61. The lowest BCUT2D eigenvalue weighted by Gasteiger charge is -2.31. The fourth-order valence-corrected chi connectivity index (χ4v) is 12.1. The third kappa shape index (κ3) is 5.12. The highest BCUT2D eigenvalue weighted by molar-refractivity contribution is 7.24. The molecule has 0 unspecified atom stereocenters. The molecule has 4 nitrogen and oxygen atoms in total. The molecule has 3 aliphatic rings. The van der Waals surface area contributed by atoms with Crippen LogP contribution in [0.2, 0.25) is 0 Å². The van der Waals surface area contributed by atoms with E-state index in [1.165, 1.54) is 83.5 Å². The van der Waals surface area contributed by atoms with Crippen molar-refractivity contribution in [1.29, 1.82) is 5.26 Å². The molecule has 0 fully saturated rings. The van der Waals surface area contributed by atoms with Crippen LogP contribution >= 0.6 is 22.7 Å². The highest BCUT2D eigenvalue weighted by Gasteiger charge is 2.40. The Hall–Kier alpha value is -6.00. The Morgan fingerprint density at radius 1 is 0.561 bits per heavy atom. The Bertz CT molecular complexity index is 2840.